The highest BCUT2D eigenvalue weighted by Crippen LogP contribution is 2.23. The molecule has 0 aliphatic rings. The minimum Gasteiger partial charge on any atom is -0.459 e. The quantitative estimate of drug-likeness (QED) is 0.780. The lowest BCUT2D eigenvalue weighted by Gasteiger charge is -2.11. The van der Waals surface area contributed by atoms with Gasteiger partial charge < -0.3 is 9.73 Å². The van der Waals surface area contributed by atoms with Gasteiger partial charge in [-0.1, -0.05) is 18.2 Å². The number of fused-ring (bicyclic) bond motifs is 1. The Morgan fingerprint density at radius 3 is 2.75 bits per heavy atom. The van der Waals surface area contributed by atoms with Crippen LogP contribution in [0.5, 0.6) is 0 Å². The average molecular weight is 325 g/mol. The molecule has 0 aliphatic carbocycles. The van der Waals surface area contributed by atoms with Crippen molar-refractivity contribution in [3.8, 4) is 0 Å². The second-order valence-electron chi connectivity index (χ2n) is 6.25. The highest BCUT2D eigenvalue weighted by molar-refractivity contribution is 5.79. The molecule has 1 amide bonds. The Bertz CT molecular complexity index is 843. The van der Waals surface area contributed by atoms with Crippen molar-refractivity contribution in [3.63, 3.8) is 0 Å². The number of rotatable bonds is 5. The third-order valence-electron chi connectivity index (χ3n) is 4.51. The third-order valence-corrected chi connectivity index (χ3v) is 4.51. The van der Waals surface area contributed by atoms with Crippen LogP contribution in [0.15, 0.2) is 34.7 Å². The Hall–Kier alpha value is -2.56. The topological polar surface area (TPSA) is 60.1 Å². The number of nitrogens with zero attached hydrogens (tertiary/aromatic N) is 2. The summed E-state index contributed by atoms with van der Waals surface area (Å²) in [6, 6.07) is 9.68. The maximum absolute atomic E-state index is 12.3. The van der Waals surface area contributed by atoms with E-state index in [1.54, 1.807) is 0 Å². The van der Waals surface area contributed by atoms with Gasteiger partial charge in [0.25, 0.3) is 0 Å². The molecule has 5 heteroatoms. The number of hydrogen-bond acceptors (Lipinski definition) is 3. The van der Waals surface area contributed by atoms with E-state index in [0.29, 0.717) is 12.8 Å². The lowest BCUT2D eigenvalue weighted by atomic mass is 10.1. The summed E-state index contributed by atoms with van der Waals surface area (Å²) in [6.07, 6.45) is 1.14. The third kappa shape index (κ3) is 3.20. The van der Waals surface area contributed by atoms with Crippen LogP contribution in [0.25, 0.3) is 11.0 Å². The first-order chi connectivity index (χ1) is 11.5. The fourth-order valence-electron chi connectivity index (χ4n) is 3.02. The SMILES string of the molecule is Cc1nn(C)c(C)c1CCC(=O)N[C@@H](C)c1cc2ccccc2o1. The molecule has 126 valence electrons. The minimum atomic E-state index is -0.152. The van der Waals surface area contributed by atoms with Crippen molar-refractivity contribution in [3.05, 3.63) is 53.0 Å². The number of amides is 1. The van der Waals surface area contributed by atoms with Crippen LogP contribution in [0.1, 0.15) is 42.1 Å². The summed E-state index contributed by atoms with van der Waals surface area (Å²) < 4.78 is 7.67. The molecule has 0 fully saturated rings. The van der Waals surface area contributed by atoms with Crippen LogP contribution in [0, 0.1) is 13.8 Å². The normalized spacial score (nSPS) is 12.5. The molecule has 0 unspecified atom stereocenters. The van der Waals surface area contributed by atoms with Gasteiger partial charge in [-0.2, -0.15) is 5.10 Å². The van der Waals surface area contributed by atoms with Crippen molar-refractivity contribution in [1.29, 1.82) is 0 Å². The van der Waals surface area contributed by atoms with E-state index in [9.17, 15) is 4.79 Å². The molecule has 24 heavy (non-hydrogen) atoms. The van der Waals surface area contributed by atoms with Gasteiger partial charge >= 0.3 is 0 Å². The van der Waals surface area contributed by atoms with Crippen LogP contribution in [0.3, 0.4) is 0 Å². The van der Waals surface area contributed by atoms with Crippen molar-refractivity contribution in [2.24, 2.45) is 7.05 Å². The molecule has 0 radical (unpaired) electrons. The largest absolute Gasteiger partial charge is 0.459 e. The van der Waals surface area contributed by atoms with Gasteiger partial charge in [-0.25, -0.2) is 0 Å². The van der Waals surface area contributed by atoms with Crippen LogP contribution in [-0.2, 0) is 18.3 Å². The van der Waals surface area contributed by atoms with Crippen molar-refractivity contribution in [2.75, 3.05) is 0 Å². The number of benzene rings is 1. The highest BCUT2D eigenvalue weighted by Gasteiger charge is 2.16. The summed E-state index contributed by atoms with van der Waals surface area (Å²) in [5.74, 6) is 0.795. The van der Waals surface area contributed by atoms with Gasteiger partial charge in [0.2, 0.25) is 5.91 Å². The molecular weight excluding hydrogens is 302 g/mol. The maximum atomic E-state index is 12.3. The van der Waals surface area contributed by atoms with E-state index in [1.807, 2.05) is 62.8 Å². The van der Waals surface area contributed by atoms with Crippen molar-refractivity contribution < 1.29 is 9.21 Å². The molecule has 1 N–H and O–H groups in total. The first-order valence-electron chi connectivity index (χ1n) is 8.22. The zero-order valence-electron chi connectivity index (χ0n) is 14.6. The Morgan fingerprint density at radius 2 is 2.08 bits per heavy atom. The molecule has 1 atom stereocenters. The van der Waals surface area contributed by atoms with Gasteiger partial charge in [0.1, 0.15) is 11.3 Å². The molecule has 0 bridgehead atoms. The number of nitrogens with one attached hydrogen (secondary N) is 1. The van der Waals surface area contributed by atoms with Crippen molar-refractivity contribution in [2.45, 2.75) is 39.7 Å². The number of aromatic nitrogens is 2. The number of carbonyl (C=O) groups excluding carboxylic acids is 1. The van der Waals surface area contributed by atoms with Gasteiger partial charge in [0.05, 0.1) is 11.7 Å². The van der Waals surface area contributed by atoms with Crippen molar-refractivity contribution >= 4 is 16.9 Å². The molecular formula is C19H23N3O2. The first kappa shape index (κ1) is 16.3. The van der Waals surface area contributed by atoms with E-state index >= 15 is 0 Å². The summed E-state index contributed by atoms with van der Waals surface area (Å²) >= 11 is 0. The molecule has 0 saturated carbocycles. The molecule has 0 aliphatic heterocycles. The number of hydrogen-bond donors (Lipinski definition) is 1. The van der Waals surface area contributed by atoms with E-state index in [4.69, 9.17) is 4.42 Å². The van der Waals surface area contributed by atoms with E-state index < -0.39 is 0 Å². The molecule has 5 nitrogen and oxygen atoms in total. The Balaban J connectivity index is 1.61. The second-order valence-corrected chi connectivity index (χ2v) is 6.25. The molecule has 0 spiro atoms. The molecule has 2 aromatic heterocycles. The second kappa shape index (κ2) is 6.51. The van der Waals surface area contributed by atoms with E-state index in [1.165, 1.54) is 0 Å². The number of carbonyl (C=O) groups is 1. The number of furan rings is 1. The first-order valence-corrected chi connectivity index (χ1v) is 8.22. The van der Waals surface area contributed by atoms with Crippen LogP contribution in [0.2, 0.25) is 0 Å². The summed E-state index contributed by atoms with van der Waals surface area (Å²) in [5, 5.41) is 8.46. The summed E-state index contributed by atoms with van der Waals surface area (Å²) in [4.78, 5) is 12.3. The van der Waals surface area contributed by atoms with E-state index in [-0.39, 0.29) is 11.9 Å². The monoisotopic (exact) mass is 325 g/mol. The smallest absolute Gasteiger partial charge is 0.220 e. The summed E-state index contributed by atoms with van der Waals surface area (Å²) in [6.45, 7) is 5.96. The molecule has 2 heterocycles. The van der Waals surface area contributed by atoms with Gasteiger partial charge in [-0.3, -0.25) is 9.48 Å². The zero-order chi connectivity index (χ0) is 17.3. The summed E-state index contributed by atoms with van der Waals surface area (Å²) in [7, 11) is 1.93. The van der Waals surface area contributed by atoms with Crippen LogP contribution in [0.4, 0.5) is 0 Å². The molecule has 3 aromatic rings. The van der Waals surface area contributed by atoms with Gasteiger partial charge in [0.15, 0.2) is 0 Å². The minimum absolute atomic E-state index is 0.0191. The Morgan fingerprint density at radius 1 is 1.33 bits per heavy atom. The van der Waals surface area contributed by atoms with Crippen LogP contribution < -0.4 is 5.32 Å². The highest BCUT2D eigenvalue weighted by atomic mass is 16.3. The van der Waals surface area contributed by atoms with E-state index in [0.717, 1.165) is 33.7 Å². The van der Waals surface area contributed by atoms with Crippen molar-refractivity contribution in [1.82, 2.24) is 15.1 Å². The van der Waals surface area contributed by atoms with Gasteiger partial charge in [-0.15, -0.1) is 0 Å². The fourth-order valence-corrected chi connectivity index (χ4v) is 3.02. The maximum Gasteiger partial charge on any atom is 0.220 e. The molecule has 3 rings (SSSR count). The Labute approximate surface area is 141 Å². The van der Waals surface area contributed by atoms with Crippen LogP contribution >= 0.6 is 0 Å². The van der Waals surface area contributed by atoms with E-state index in [2.05, 4.69) is 10.4 Å². The lowest BCUT2D eigenvalue weighted by Crippen LogP contribution is -2.26. The predicted molar refractivity (Wildman–Crippen MR) is 93.8 cm³/mol. The number of para-hydroxylation sites is 1. The van der Waals surface area contributed by atoms with Gasteiger partial charge in [-0.05, 0) is 44.9 Å². The van der Waals surface area contributed by atoms with Crippen LogP contribution in [-0.4, -0.2) is 15.7 Å². The average Bonchev–Trinajstić information content (AvgIpc) is 3.08. The zero-order valence-corrected chi connectivity index (χ0v) is 14.6. The summed E-state index contributed by atoms with van der Waals surface area (Å²) in [5.41, 5.74) is 4.11. The predicted octanol–water partition coefficient (Wildman–Crippen LogP) is 3.59. The lowest BCUT2D eigenvalue weighted by molar-refractivity contribution is -0.121. The molecule has 1 aromatic carbocycles. The fraction of sp³-hybridized carbons (Fsp3) is 0.368. The standard InChI is InChI=1S/C19H23N3O2/c1-12-16(14(3)22(4)21-12)9-10-19(23)20-13(2)18-11-15-7-5-6-8-17(15)24-18/h5-8,11,13H,9-10H2,1-4H3,(H,20,23)/t13-/m0/s1. The van der Waals surface area contributed by atoms with Gasteiger partial charge in [0, 0.05) is 24.5 Å². The Kier molecular flexibility index (Phi) is 4.42. The molecule has 0 saturated heterocycles. The number of aryl methyl sites for hydroxylation is 2.